The van der Waals surface area contributed by atoms with Crippen molar-refractivity contribution >= 4 is 17.8 Å². The van der Waals surface area contributed by atoms with Crippen LogP contribution in [-0.4, -0.2) is 89.3 Å². The number of piperazine rings is 1. The van der Waals surface area contributed by atoms with E-state index >= 15 is 0 Å². The van der Waals surface area contributed by atoms with E-state index in [4.69, 9.17) is 14.5 Å². The Balaban J connectivity index is 1.46. The minimum absolute atomic E-state index is 0.0908. The Labute approximate surface area is 234 Å². The third-order valence-corrected chi connectivity index (χ3v) is 6.76. The Hall–Kier alpha value is -4.35. The highest BCUT2D eigenvalue weighted by Gasteiger charge is 2.32. The van der Waals surface area contributed by atoms with E-state index < -0.39 is 0 Å². The molecule has 4 rings (SSSR count). The molecule has 0 bridgehead atoms. The molecule has 12 heteroatoms. The number of carbonyl (C=O) groups is 2. The van der Waals surface area contributed by atoms with Crippen LogP contribution in [0.4, 0.5) is 10.6 Å². The van der Waals surface area contributed by atoms with Gasteiger partial charge in [-0.1, -0.05) is 13.0 Å². The van der Waals surface area contributed by atoms with Gasteiger partial charge in [0.2, 0.25) is 11.9 Å². The number of rotatable bonds is 11. The normalized spacial score (nSPS) is 15.1. The van der Waals surface area contributed by atoms with E-state index in [0.29, 0.717) is 62.4 Å². The summed E-state index contributed by atoms with van der Waals surface area (Å²) in [5.74, 6) is 2.45. The van der Waals surface area contributed by atoms with Crippen LogP contribution in [0.15, 0.2) is 43.0 Å². The van der Waals surface area contributed by atoms with Crippen LogP contribution in [0.3, 0.4) is 0 Å². The number of anilines is 1. The fraction of sp³-hybridized carbons (Fsp3) is 0.464. The van der Waals surface area contributed by atoms with Crippen molar-refractivity contribution in [2.24, 2.45) is 0 Å². The quantitative estimate of drug-likeness (QED) is 0.373. The monoisotopic (exact) mass is 550 g/mol. The van der Waals surface area contributed by atoms with Gasteiger partial charge in [0.05, 0.1) is 20.3 Å². The number of hydrogen-bond acceptors (Lipinski definition) is 8. The molecule has 0 saturated carbocycles. The van der Waals surface area contributed by atoms with Gasteiger partial charge >= 0.3 is 6.03 Å². The second-order valence-corrected chi connectivity index (χ2v) is 9.66. The van der Waals surface area contributed by atoms with Gasteiger partial charge in [0.1, 0.15) is 12.1 Å². The van der Waals surface area contributed by atoms with Gasteiger partial charge in [-0.3, -0.25) is 9.36 Å². The van der Waals surface area contributed by atoms with E-state index in [0.717, 1.165) is 17.7 Å². The molecule has 3 amide bonds. The third kappa shape index (κ3) is 7.19. The zero-order valence-electron chi connectivity index (χ0n) is 23.6. The number of urea groups is 1. The number of nitrogens with zero attached hydrogens (tertiary/aromatic N) is 6. The second-order valence-electron chi connectivity index (χ2n) is 9.66. The first-order chi connectivity index (χ1) is 19.4. The Morgan fingerprint density at radius 3 is 2.60 bits per heavy atom. The lowest BCUT2D eigenvalue weighted by Gasteiger charge is -2.42. The van der Waals surface area contributed by atoms with Crippen LogP contribution < -0.4 is 25.0 Å². The number of ether oxygens (including phenoxy) is 2. The molecule has 1 aliphatic heterocycles. The molecule has 0 spiro atoms. The standard InChI is InChI=1S/C28H38N8O4/c1-5-9-31-28(38)34-13-14-36(25-15-20(2)32-27(33-25)35-12-11-29-19-35)22(18-34)17-26(37)30-10-8-21-6-7-23(39-3)24(16-21)40-4/h6-7,11-12,15-16,19,22H,5,8-10,13-14,17-18H2,1-4H3,(H,30,37)(H,31,38). The van der Waals surface area contributed by atoms with E-state index in [1.165, 1.54) is 0 Å². The number of methoxy groups -OCH3 is 2. The Kier molecular flexibility index (Phi) is 9.76. The molecule has 0 aliphatic carbocycles. The number of carbonyl (C=O) groups excluding carboxylic acids is 2. The Bertz CT molecular complexity index is 1280. The number of benzene rings is 1. The van der Waals surface area contributed by atoms with Crippen molar-refractivity contribution in [2.75, 3.05) is 51.8 Å². The summed E-state index contributed by atoms with van der Waals surface area (Å²) in [4.78, 5) is 43.2. The van der Waals surface area contributed by atoms with Crippen LogP contribution in [0.2, 0.25) is 0 Å². The summed E-state index contributed by atoms with van der Waals surface area (Å²) in [5.41, 5.74) is 1.83. The topological polar surface area (TPSA) is 127 Å². The number of hydrogen-bond donors (Lipinski definition) is 2. The minimum atomic E-state index is -0.257. The van der Waals surface area contributed by atoms with Gasteiger partial charge in [-0.2, -0.15) is 4.98 Å². The van der Waals surface area contributed by atoms with E-state index in [2.05, 4.69) is 25.5 Å². The van der Waals surface area contributed by atoms with Gasteiger partial charge < -0.3 is 29.9 Å². The van der Waals surface area contributed by atoms with Gasteiger partial charge in [-0.25, -0.2) is 14.8 Å². The SMILES string of the molecule is CCCNC(=O)N1CCN(c2cc(C)nc(-n3ccnc3)n2)C(CC(=O)NCCc2ccc(OC)c(OC)c2)C1. The lowest BCUT2D eigenvalue weighted by Crippen LogP contribution is -2.58. The Morgan fingerprint density at radius 2 is 1.88 bits per heavy atom. The summed E-state index contributed by atoms with van der Waals surface area (Å²) in [6.07, 6.45) is 6.83. The molecule has 1 aromatic carbocycles. The molecule has 2 N–H and O–H groups in total. The molecule has 1 saturated heterocycles. The number of aromatic nitrogens is 4. The van der Waals surface area contributed by atoms with Gasteiger partial charge in [-0.15, -0.1) is 0 Å². The average Bonchev–Trinajstić information content (AvgIpc) is 3.51. The summed E-state index contributed by atoms with van der Waals surface area (Å²) in [7, 11) is 3.20. The first-order valence-corrected chi connectivity index (χ1v) is 13.5. The van der Waals surface area contributed by atoms with Gasteiger partial charge in [0.25, 0.3) is 0 Å². The smallest absolute Gasteiger partial charge is 0.317 e. The first kappa shape index (κ1) is 28.7. The summed E-state index contributed by atoms with van der Waals surface area (Å²) in [6, 6.07) is 7.27. The molecule has 12 nitrogen and oxygen atoms in total. The van der Waals surface area contributed by atoms with Crippen molar-refractivity contribution < 1.29 is 19.1 Å². The summed E-state index contributed by atoms with van der Waals surface area (Å²) in [6.45, 7) is 6.49. The van der Waals surface area contributed by atoms with E-state index in [1.807, 2.05) is 38.1 Å². The molecule has 0 radical (unpaired) electrons. The predicted octanol–water partition coefficient (Wildman–Crippen LogP) is 2.35. The fourth-order valence-corrected chi connectivity index (χ4v) is 4.70. The molecule has 40 heavy (non-hydrogen) atoms. The maximum Gasteiger partial charge on any atom is 0.317 e. The lowest BCUT2D eigenvalue weighted by molar-refractivity contribution is -0.121. The van der Waals surface area contributed by atoms with Crippen LogP contribution >= 0.6 is 0 Å². The predicted molar refractivity (Wildman–Crippen MR) is 151 cm³/mol. The van der Waals surface area contributed by atoms with Crippen molar-refractivity contribution in [2.45, 2.75) is 39.2 Å². The molecule has 3 heterocycles. The van der Waals surface area contributed by atoms with Crippen LogP contribution in [0.25, 0.3) is 5.95 Å². The van der Waals surface area contributed by atoms with Crippen molar-refractivity contribution in [1.29, 1.82) is 0 Å². The first-order valence-electron chi connectivity index (χ1n) is 13.5. The van der Waals surface area contributed by atoms with E-state index in [-0.39, 0.29) is 24.4 Å². The molecule has 1 aliphatic rings. The van der Waals surface area contributed by atoms with Crippen LogP contribution in [0.1, 0.15) is 31.0 Å². The highest BCUT2D eigenvalue weighted by molar-refractivity contribution is 5.78. The number of amides is 3. The minimum Gasteiger partial charge on any atom is -0.493 e. The average molecular weight is 551 g/mol. The number of aryl methyl sites for hydroxylation is 1. The molecule has 1 unspecified atom stereocenters. The summed E-state index contributed by atoms with van der Waals surface area (Å²) >= 11 is 0. The molecular weight excluding hydrogens is 512 g/mol. The van der Waals surface area contributed by atoms with Gasteiger partial charge in [0.15, 0.2) is 11.5 Å². The summed E-state index contributed by atoms with van der Waals surface area (Å²) < 4.78 is 12.4. The van der Waals surface area contributed by atoms with Gasteiger partial charge in [0, 0.05) is 63.3 Å². The van der Waals surface area contributed by atoms with E-state index in [9.17, 15) is 9.59 Å². The van der Waals surface area contributed by atoms with Crippen molar-refractivity contribution in [3.63, 3.8) is 0 Å². The highest BCUT2D eigenvalue weighted by atomic mass is 16.5. The van der Waals surface area contributed by atoms with Crippen molar-refractivity contribution in [1.82, 2.24) is 35.1 Å². The lowest BCUT2D eigenvalue weighted by atomic mass is 10.1. The van der Waals surface area contributed by atoms with E-state index in [1.54, 1.807) is 42.4 Å². The highest BCUT2D eigenvalue weighted by Crippen LogP contribution is 2.27. The molecule has 2 aromatic heterocycles. The summed E-state index contributed by atoms with van der Waals surface area (Å²) in [5, 5.41) is 5.99. The van der Waals surface area contributed by atoms with Crippen LogP contribution in [0, 0.1) is 6.92 Å². The van der Waals surface area contributed by atoms with Gasteiger partial charge in [-0.05, 0) is 37.5 Å². The molecule has 214 valence electrons. The maximum absolute atomic E-state index is 13.1. The van der Waals surface area contributed by atoms with Crippen molar-refractivity contribution in [3.05, 3.63) is 54.2 Å². The van der Waals surface area contributed by atoms with Crippen LogP contribution in [0.5, 0.6) is 11.5 Å². The maximum atomic E-state index is 13.1. The number of imidazole rings is 1. The second kappa shape index (κ2) is 13.6. The fourth-order valence-electron chi connectivity index (χ4n) is 4.70. The zero-order valence-corrected chi connectivity index (χ0v) is 23.6. The zero-order chi connectivity index (χ0) is 28.5. The van der Waals surface area contributed by atoms with Crippen LogP contribution in [-0.2, 0) is 11.2 Å². The molecule has 1 atom stereocenters. The Morgan fingerprint density at radius 1 is 1.05 bits per heavy atom. The van der Waals surface area contributed by atoms with Crippen molar-refractivity contribution in [3.8, 4) is 17.4 Å². The number of nitrogens with one attached hydrogen (secondary N) is 2. The largest absolute Gasteiger partial charge is 0.493 e. The molecule has 1 fully saturated rings. The molecular formula is C28H38N8O4. The molecule has 3 aromatic rings. The third-order valence-electron chi connectivity index (χ3n) is 6.76.